The molecule has 1 nitrogen and oxygen atoms in total. The van der Waals surface area contributed by atoms with Crippen LogP contribution in [0.4, 0.5) is 4.39 Å². The summed E-state index contributed by atoms with van der Waals surface area (Å²) in [7, 11) is 1.97. The number of aryl methyl sites for hydroxylation is 1. The zero-order chi connectivity index (χ0) is 8.55. The molecule has 0 amide bonds. The van der Waals surface area contributed by atoms with Crippen LogP contribution in [0.3, 0.4) is 0 Å². The van der Waals surface area contributed by atoms with Crippen molar-refractivity contribution in [3.63, 3.8) is 0 Å². The van der Waals surface area contributed by atoms with E-state index in [0.717, 1.165) is 19.3 Å². The smallest absolute Gasteiger partial charge is 0.176 e. The highest BCUT2D eigenvalue weighted by atomic mass is 32.1. The van der Waals surface area contributed by atoms with Crippen molar-refractivity contribution in [1.29, 1.82) is 0 Å². The fourth-order valence-corrected chi connectivity index (χ4v) is 2.73. The van der Waals surface area contributed by atoms with E-state index in [1.807, 2.05) is 7.05 Å². The predicted octanol–water partition coefficient (Wildman–Crippen LogP) is 1.96. The van der Waals surface area contributed by atoms with Gasteiger partial charge in [-0.1, -0.05) is 0 Å². The third kappa shape index (κ3) is 1.39. The molecule has 0 saturated carbocycles. The topological polar surface area (TPSA) is 12.0 Å². The molecule has 3 heteroatoms. The van der Waals surface area contributed by atoms with Gasteiger partial charge in [0, 0.05) is 10.9 Å². The molecular weight excluding hydrogens is 173 g/mol. The molecule has 0 spiro atoms. The van der Waals surface area contributed by atoms with Gasteiger partial charge in [-0.25, -0.2) is 0 Å². The Morgan fingerprint density at radius 1 is 1.67 bits per heavy atom. The minimum Gasteiger partial charge on any atom is -0.317 e. The van der Waals surface area contributed by atoms with Crippen LogP contribution in [0.2, 0.25) is 0 Å². The Morgan fingerprint density at radius 2 is 2.50 bits per heavy atom. The van der Waals surface area contributed by atoms with Crippen LogP contribution in [-0.4, -0.2) is 13.1 Å². The van der Waals surface area contributed by atoms with Crippen LogP contribution in [0.15, 0.2) is 6.07 Å². The highest BCUT2D eigenvalue weighted by Gasteiger charge is 2.19. The van der Waals surface area contributed by atoms with E-state index in [2.05, 4.69) is 5.32 Å². The van der Waals surface area contributed by atoms with E-state index in [-0.39, 0.29) is 5.13 Å². The number of hydrogen-bond acceptors (Lipinski definition) is 2. The lowest BCUT2D eigenvalue weighted by atomic mass is 9.95. The Hall–Kier alpha value is -0.410. The van der Waals surface area contributed by atoms with Crippen molar-refractivity contribution in [2.45, 2.75) is 25.3 Å². The Balaban J connectivity index is 2.22. The Bertz CT molecular complexity index is 282. The van der Waals surface area contributed by atoms with Gasteiger partial charge in [0.15, 0.2) is 5.13 Å². The summed E-state index contributed by atoms with van der Waals surface area (Å²) in [6.45, 7) is 0. The SMILES string of the molecule is CN[C@@H]1CCc2cc(F)sc2C1. The van der Waals surface area contributed by atoms with Gasteiger partial charge in [0.25, 0.3) is 0 Å². The van der Waals surface area contributed by atoms with Crippen molar-refractivity contribution in [2.75, 3.05) is 7.05 Å². The summed E-state index contributed by atoms with van der Waals surface area (Å²) in [6, 6.07) is 2.24. The lowest BCUT2D eigenvalue weighted by Gasteiger charge is -2.20. The van der Waals surface area contributed by atoms with Gasteiger partial charge in [0.2, 0.25) is 0 Å². The lowest BCUT2D eigenvalue weighted by molar-refractivity contribution is 0.501. The largest absolute Gasteiger partial charge is 0.317 e. The maximum Gasteiger partial charge on any atom is 0.176 e. The quantitative estimate of drug-likeness (QED) is 0.705. The third-order valence-corrected chi connectivity index (χ3v) is 3.46. The van der Waals surface area contributed by atoms with E-state index >= 15 is 0 Å². The number of thiophene rings is 1. The summed E-state index contributed by atoms with van der Waals surface area (Å²) in [5.41, 5.74) is 1.23. The van der Waals surface area contributed by atoms with Crippen molar-refractivity contribution in [1.82, 2.24) is 5.32 Å². The van der Waals surface area contributed by atoms with Crippen LogP contribution >= 0.6 is 11.3 Å². The number of hydrogen-bond donors (Lipinski definition) is 1. The fourth-order valence-electron chi connectivity index (χ4n) is 1.72. The first-order chi connectivity index (χ1) is 5.79. The summed E-state index contributed by atoms with van der Waals surface area (Å²) in [5.74, 6) is 0. The molecule has 0 aliphatic heterocycles. The van der Waals surface area contributed by atoms with E-state index in [1.54, 1.807) is 6.07 Å². The van der Waals surface area contributed by atoms with Crippen LogP contribution in [0, 0.1) is 5.13 Å². The average molecular weight is 185 g/mol. The molecule has 0 radical (unpaired) electrons. The molecule has 1 heterocycles. The maximum absolute atomic E-state index is 12.8. The maximum atomic E-state index is 12.8. The van der Waals surface area contributed by atoms with Crippen molar-refractivity contribution in [2.24, 2.45) is 0 Å². The average Bonchev–Trinajstić information content (AvgIpc) is 2.43. The predicted molar refractivity (Wildman–Crippen MR) is 49.1 cm³/mol. The molecule has 1 aliphatic rings. The molecule has 0 unspecified atom stereocenters. The first-order valence-electron chi connectivity index (χ1n) is 4.24. The summed E-state index contributed by atoms with van der Waals surface area (Å²) >= 11 is 1.30. The summed E-state index contributed by atoms with van der Waals surface area (Å²) in [4.78, 5) is 1.23. The third-order valence-electron chi connectivity index (χ3n) is 2.47. The highest BCUT2D eigenvalue weighted by molar-refractivity contribution is 7.10. The zero-order valence-corrected chi connectivity index (χ0v) is 7.88. The molecule has 66 valence electrons. The van der Waals surface area contributed by atoms with Gasteiger partial charge in [-0.15, -0.1) is 11.3 Å². The van der Waals surface area contributed by atoms with Crippen LogP contribution in [0.1, 0.15) is 16.9 Å². The van der Waals surface area contributed by atoms with E-state index in [1.165, 1.54) is 21.8 Å². The molecule has 0 saturated heterocycles. The van der Waals surface area contributed by atoms with Crippen molar-refractivity contribution >= 4 is 11.3 Å². The number of likely N-dealkylation sites (N-methyl/N-ethyl adjacent to an activating group) is 1. The van der Waals surface area contributed by atoms with Gasteiger partial charge in [0.05, 0.1) is 0 Å². The van der Waals surface area contributed by atoms with E-state index < -0.39 is 0 Å². The van der Waals surface area contributed by atoms with E-state index in [0.29, 0.717) is 6.04 Å². The first kappa shape index (κ1) is 8.20. The van der Waals surface area contributed by atoms with Crippen LogP contribution < -0.4 is 5.32 Å². The van der Waals surface area contributed by atoms with E-state index in [4.69, 9.17) is 0 Å². The summed E-state index contributed by atoms with van der Waals surface area (Å²) in [6.07, 6.45) is 3.17. The van der Waals surface area contributed by atoms with Crippen LogP contribution in [0.5, 0.6) is 0 Å². The summed E-state index contributed by atoms with van der Waals surface area (Å²) < 4.78 is 12.8. The second kappa shape index (κ2) is 3.15. The van der Waals surface area contributed by atoms with Gasteiger partial charge in [0.1, 0.15) is 0 Å². The monoisotopic (exact) mass is 185 g/mol. The standard InChI is InChI=1S/C9H12FNS/c1-11-7-3-2-6-4-9(10)12-8(6)5-7/h4,7,11H,2-3,5H2,1H3/t7-/m1/s1. The molecule has 2 rings (SSSR count). The molecule has 1 aliphatic carbocycles. The molecule has 0 fully saturated rings. The van der Waals surface area contributed by atoms with Gasteiger partial charge < -0.3 is 5.32 Å². The Kier molecular flexibility index (Phi) is 2.15. The number of nitrogens with one attached hydrogen (secondary N) is 1. The van der Waals surface area contributed by atoms with Gasteiger partial charge in [-0.2, -0.15) is 4.39 Å². The minimum absolute atomic E-state index is 0.0308. The normalized spacial score (nSPS) is 22.3. The minimum atomic E-state index is -0.0308. The Morgan fingerprint density at radius 3 is 3.25 bits per heavy atom. The number of halogens is 1. The van der Waals surface area contributed by atoms with Gasteiger partial charge in [-0.05, 0) is 37.9 Å². The molecule has 1 N–H and O–H groups in total. The van der Waals surface area contributed by atoms with Crippen molar-refractivity contribution in [3.05, 3.63) is 21.6 Å². The highest BCUT2D eigenvalue weighted by Crippen LogP contribution is 2.28. The van der Waals surface area contributed by atoms with E-state index in [9.17, 15) is 4.39 Å². The first-order valence-corrected chi connectivity index (χ1v) is 5.05. The van der Waals surface area contributed by atoms with Crippen molar-refractivity contribution < 1.29 is 4.39 Å². The fraction of sp³-hybridized carbons (Fsp3) is 0.556. The molecule has 12 heavy (non-hydrogen) atoms. The number of fused-ring (bicyclic) bond motifs is 1. The molecule has 1 atom stereocenters. The van der Waals surface area contributed by atoms with Crippen LogP contribution in [-0.2, 0) is 12.8 Å². The second-order valence-corrected chi connectivity index (χ2v) is 4.31. The number of rotatable bonds is 1. The molecule has 0 aromatic carbocycles. The van der Waals surface area contributed by atoms with Gasteiger partial charge in [-0.3, -0.25) is 0 Å². The molecule has 1 aromatic heterocycles. The van der Waals surface area contributed by atoms with Crippen molar-refractivity contribution in [3.8, 4) is 0 Å². The zero-order valence-electron chi connectivity index (χ0n) is 7.06. The molecule has 1 aromatic rings. The van der Waals surface area contributed by atoms with Gasteiger partial charge >= 0.3 is 0 Å². The lowest BCUT2D eigenvalue weighted by Crippen LogP contribution is -2.30. The second-order valence-electron chi connectivity index (χ2n) is 3.23. The molecule has 0 bridgehead atoms. The van der Waals surface area contributed by atoms with Crippen LogP contribution in [0.25, 0.3) is 0 Å². The summed E-state index contributed by atoms with van der Waals surface area (Å²) in [5, 5.41) is 3.21. The Labute approximate surface area is 75.6 Å². The molecular formula is C9H12FNS.